The molecule has 17 heavy (non-hydrogen) atoms. The molecule has 0 radical (unpaired) electrons. The van der Waals surface area contributed by atoms with E-state index in [2.05, 4.69) is 5.32 Å². The van der Waals surface area contributed by atoms with E-state index in [9.17, 15) is 8.42 Å². The van der Waals surface area contributed by atoms with Crippen molar-refractivity contribution in [2.75, 3.05) is 31.3 Å². The highest BCUT2D eigenvalue weighted by atomic mass is 32.2. The maximum atomic E-state index is 11.5. The predicted octanol–water partition coefficient (Wildman–Crippen LogP) is -0.339. The highest BCUT2D eigenvalue weighted by molar-refractivity contribution is 7.91. The fourth-order valence-corrected chi connectivity index (χ4v) is 4.62. The zero-order valence-corrected chi connectivity index (χ0v) is 11.2. The summed E-state index contributed by atoms with van der Waals surface area (Å²) in [6.07, 6.45) is 2.35. The minimum absolute atomic E-state index is 0.229. The molecule has 1 unspecified atom stereocenters. The fraction of sp³-hybridized carbons (Fsp3) is 1.00. The molecule has 0 aromatic carbocycles. The van der Waals surface area contributed by atoms with Gasteiger partial charge in [-0.05, 0) is 26.2 Å². The molecule has 2 aliphatic rings. The molecule has 2 rings (SSSR count). The third-order valence-electron chi connectivity index (χ3n) is 3.86. The molecule has 2 saturated heterocycles. The van der Waals surface area contributed by atoms with Crippen LogP contribution >= 0.6 is 0 Å². The van der Waals surface area contributed by atoms with Gasteiger partial charge in [0.2, 0.25) is 0 Å². The Labute approximate surface area is 103 Å². The standard InChI is InChI=1S/C11H22N2O3S/c1-10(4-7-17(14,15)9-10)13-8-11(12)2-5-16-6-3-11/h13H,2-9,12H2,1H3. The third kappa shape index (κ3) is 3.40. The lowest BCUT2D eigenvalue weighted by molar-refractivity contribution is 0.0508. The largest absolute Gasteiger partial charge is 0.381 e. The molecule has 0 aromatic heterocycles. The van der Waals surface area contributed by atoms with Gasteiger partial charge in [0.1, 0.15) is 0 Å². The van der Waals surface area contributed by atoms with Crippen LogP contribution in [0.15, 0.2) is 0 Å². The van der Waals surface area contributed by atoms with E-state index in [0.717, 1.165) is 12.8 Å². The number of nitrogens with two attached hydrogens (primary N) is 1. The summed E-state index contributed by atoms with van der Waals surface area (Å²) in [6, 6.07) is 0. The van der Waals surface area contributed by atoms with E-state index in [0.29, 0.717) is 26.2 Å². The minimum Gasteiger partial charge on any atom is -0.381 e. The molecule has 5 nitrogen and oxygen atoms in total. The van der Waals surface area contributed by atoms with Crippen LogP contribution < -0.4 is 11.1 Å². The number of hydrogen-bond acceptors (Lipinski definition) is 5. The van der Waals surface area contributed by atoms with Gasteiger partial charge in [0, 0.05) is 30.8 Å². The Morgan fingerprint density at radius 2 is 1.94 bits per heavy atom. The lowest BCUT2D eigenvalue weighted by Crippen LogP contribution is -2.57. The molecule has 3 N–H and O–H groups in total. The van der Waals surface area contributed by atoms with E-state index in [-0.39, 0.29) is 22.6 Å². The van der Waals surface area contributed by atoms with Gasteiger partial charge in [0.25, 0.3) is 0 Å². The van der Waals surface area contributed by atoms with Crippen LogP contribution in [0.4, 0.5) is 0 Å². The topological polar surface area (TPSA) is 81.4 Å². The average Bonchev–Trinajstić information content (AvgIpc) is 2.53. The van der Waals surface area contributed by atoms with Crippen LogP contribution in [0.25, 0.3) is 0 Å². The summed E-state index contributed by atoms with van der Waals surface area (Å²) in [5, 5.41) is 3.36. The first-order valence-corrected chi connectivity index (χ1v) is 7.97. The summed E-state index contributed by atoms with van der Waals surface area (Å²) < 4.78 is 28.3. The zero-order chi connectivity index (χ0) is 12.6. The SMILES string of the molecule is CC1(NCC2(N)CCOCC2)CCS(=O)(=O)C1. The fourth-order valence-electron chi connectivity index (χ4n) is 2.49. The van der Waals surface area contributed by atoms with E-state index in [1.54, 1.807) is 0 Å². The van der Waals surface area contributed by atoms with Crippen LogP contribution in [-0.4, -0.2) is 50.8 Å². The van der Waals surface area contributed by atoms with E-state index in [4.69, 9.17) is 10.5 Å². The van der Waals surface area contributed by atoms with Gasteiger partial charge in [-0.1, -0.05) is 0 Å². The Kier molecular flexibility index (Phi) is 3.51. The molecule has 0 bridgehead atoms. The summed E-state index contributed by atoms with van der Waals surface area (Å²) in [5.41, 5.74) is 5.73. The number of nitrogens with one attached hydrogen (secondary N) is 1. The maximum Gasteiger partial charge on any atom is 0.152 e. The molecule has 100 valence electrons. The van der Waals surface area contributed by atoms with Crippen molar-refractivity contribution < 1.29 is 13.2 Å². The van der Waals surface area contributed by atoms with Gasteiger partial charge in [-0.15, -0.1) is 0 Å². The molecule has 1 atom stereocenters. The Morgan fingerprint density at radius 1 is 1.29 bits per heavy atom. The summed E-state index contributed by atoms with van der Waals surface area (Å²) in [6.45, 7) is 4.04. The van der Waals surface area contributed by atoms with E-state index in [1.165, 1.54) is 0 Å². The van der Waals surface area contributed by atoms with Crippen molar-refractivity contribution in [3.05, 3.63) is 0 Å². The van der Waals surface area contributed by atoms with Crippen LogP contribution in [0, 0.1) is 0 Å². The van der Waals surface area contributed by atoms with Gasteiger partial charge in [-0.3, -0.25) is 0 Å². The molecule has 0 aromatic rings. The molecule has 2 fully saturated rings. The molecule has 0 amide bonds. The van der Waals surface area contributed by atoms with Crippen molar-refractivity contribution in [1.82, 2.24) is 5.32 Å². The lowest BCUT2D eigenvalue weighted by atomic mass is 9.89. The first-order valence-electron chi connectivity index (χ1n) is 6.15. The van der Waals surface area contributed by atoms with Gasteiger partial charge >= 0.3 is 0 Å². The van der Waals surface area contributed by atoms with Gasteiger partial charge in [0.05, 0.1) is 11.5 Å². The van der Waals surface area contributed by atoms with Crippen molar-refractivity contribution in [1.29, 1.82) is 0 Å². The first-order chi connectivity index (χ1) is 7.83. The molecule has 0 aliphatic carbocycles. The predicted molar refractivity (Wildman–Crippen MR) is 66.6 cm³/mol. The van der Waals surface area contributed by atoms with Gasteiger partial charge < -0.3 is 15.8 Å². The van der Waals surface area contributed by atoms with Crippen molar-refractivity contribution in [3.63, 3.8) is 0 Å². The van der Waals surface area contributed by atoms with Crippen molar-refractivity contribution in [2.45, 2.75) is 37.3 Å². The molecule has 0 saturated carbocycles. The average molecular weight is 262 g/mol. The summed E-state index contributed by atoms with van der Waals surface area (Å²) in [4.78, 5) is 0. The Morgan fingerprint density at radius 3 is 2.47 bits per heavy atom. The van der Waals surface area contributed by atoms with Crippen LogP contribution in [-0.2, 0) is 14.6 Å². The van der Waals surface area contributed by atoms with Crippen molar-refractivity contribution >= 4 is 9.84 Å². The molecule has 6 heteroatoms. The van der Waals surface area contributed by atoms with Crippen molar-refractivity contribution in [3.8, 4) is 0 Å². The van der Waals surface area contributed by atoms with E-state index in [1.807, 2.05) is 6.92 Å². The second kappa shape index (κ2) is 4.50. The minimum atomic E-state index is -2.85. The van der Waals surface area contributed by atoms with Crippen molar-refractivity contribution in [2.24, 2.45) is 5.73 Å². The summed E-state index contributed by atoms with van der Waals surface area (Å²) in [5.74, 6) is 0.518. The first kappa shape index (κ1) is 13.3. The molecular formula is C11H22N2O3S. The highest BCUT2D eigenvalue weighted by Gasteiger charge is 2.39. The van der Waals surface area contributed by atoms with Crippen LogP contribution in [0.2, 0.25) is 0 Å². The van der Waals surface area contributed by atoms with E-state index >= 15 is 0 Å². The molecule has 2 aliphatic heterocycles. The molecule has 2 heterocycles. The zero-order valence-electron chi connectivity index (χ0n) is 10.4. The third-order valence-corrected chi connectivity index (χ3v) is 5.76. The Hall–Kier alpha value is -0.170. The lowest BCUT2D eigenvalue weighted by Gasteiger charge is -2.37. The summed E-state index contributed by atoms with van der Waals surface area (Å²) in [7, 11) is -2.85. The second-order valence-electron chi connectivity index (χ2n) is 5.73. The Bertz CT molecular complexity index is 376. The molecule has 0 spiro atoms. The smallest absolute Gasteiger partial charge is 0.152 e. The van der Waals surface area contributed by atoms with Gasteiger partial charge in [-0.25, -0.2) is 8.42 Å². The second-order valence-corrected chi connectivity index (χ2v) is 7.92. The summed E-state index contributed by atoms with van der Waals surface area (Å²) >= 11 is 0. The monoisotopic (exact) mass is 262 g/mol. The highest BCUT2D eigenvalue weighted by Crippen LogP contribution is 2.24. The van der Waals surface area contributed by atoms with Crippen LogP contribution in [0.3, 0.4) is 0 Å². The number of sulfone groups is 1. The molecular weight excluding hydrogens is 240 g/mol. The van der Waals surface area contributed by atoms with Gasteiger partial charge in [0.15, 0.2) is 9.84 Å². The number of ether oxygens (including phenoxy) is 1. The number of rotatable bonds is 3. The van der Waals surface area contributed by atoms with Crippen LogP contribution in [0.5, 0.6) is 0 Å². The van der Waals surface area contributed by atoms with Crippen LogP contribution in [0.1, 0.15) is 26.2 Å². The van der Waals surface area contributed by atoms with E-state index < -0.39 is 9.84 Å². The van der Waals surface area contributed by atoms with Gasteiger partial charge in [-0.2, -0.15) is 0 Å². The normalized spacial score (nSPS) is 35.9. The Balaban J connectivity index is 1.89. The number of hydrogen-bond donors (Lipinski definition) is 2. The quantitative estimate of drug-likeness (QED) is 0.727. The maximum absolute atomic E-state index is 11.5.